The van der Waals surface area contributed by atoms with E-state index in [1.165, 1.54) is 0 Å². The Labute approximate surface area is 132 Å². The summed E-state index contributed by atoms with van der Waals surface area (Å²) in [6.45, 7) is 3.70. The van der Waals surface area contributed by atoms with Gasteiger partial charge in [0, 0.05) is 33.4 Å². The minimum Gasteiger partial charge on any atom is -0.481 e. The summed E-state index contributed by atoms with van der Waals surface area (Å²) in [5, 5.41) is 9.82. The van der Waals surface area contributed by atoms with Crippen molar-refractivity contribution < 1.29 is 9.90 Å². The molecule has 1 aromatic carbocycles. The molecule has 2 rings (SSSR count). The quantitative estimate of drug-likeness (QED) is 0.920. The van der Waals surface area contributed by atoms with Crippen molar-refractivity contribution >= 4 is 29.2 Å². The van der Waals surface area contributed by atoms with Crippen molar-refractivity contribution in [1.29, 1.82) is 0 Å². The van der Waals surface area contributed by atoms with Gasteiger partial charge in [0.15, 0.2) is 5.82 Å². The molecule has 1 heterocycles. The van der Waals surface area contributed by atoms with Crippen LogP contribution in [0.25, 0.3) is 11.4 Å². The lowest BCUT2D eigenvalue weighted by Crippen LogP contribution is -2.06. The van der Waals surface area contributed by atoms with E-state index >= 15 is 0 Å². The number of aromatic nitrogens is 2. The average Bonchev–Trinajstić information content (AvgIpc) is 2.36. The summed E-state index contributed by atoms with van der Waals surface area (Å²) >= 11 is 12.0. The van der Waals surface area contributed by atoms with Crippen LogP contribution in [0.1, 0.15) is 23.4 Å². The first-order chi connectivity index (χ1) is 9.86. The molecule has 1 N–H and O–H groups in total. The van der Waals surface area contributed by atoms with E-state index in [9.17, 15) is 4.79 Å². The lowest BCUT2D eigenvalue weighted by Gasteiger charge is -2.10. The first-order valence-corrected chi connectivity index (χ1v) is 7.15. The number of benzene rings is 1. The second kappa shape index (κ2) is 6.41. The maximum absolute atomic E-state index is 10.7. The van der Waals surface area contributed by atoms with Gasteiger partial charge in [-0.2, -0.15) is 0 Å². The molecule has 0 fully saturated rings. The van der Waals surface area contributed by atoms with Crippen LogP contribution in [0.5, 0.6) is 0 Å². The smallest absolute Gasteiger partial charge is 0.303 e. The number of aliphatic carboxylic acids is 1. The van der Waals surface area contributed by atoms with Crippen molar-refractivity contribution in [2.24, 2.45) is 0 Å². The number of carbonyl (C=O) groups is 1. The van der Waals surface area contributed by atoms with Gasteiger partial charge in [-0.15, -0.1) is 0 Å². The second-order valence-corrected chi connectivity index (χ2v) is 5.62. The van der Waals surface area contributed by atoms with Gasteiger partial charge in [-0.1, -0.05) is 23.2 Å². The van der Waals surface area contributed by atoms with E-state index < -0.39 is 5.97 Å². The normalized spacial score (nSPS) is 10.7. The minimum absolute atomic E-state index is 0.0629. The van der Waals surface area contributed by atoms with Gasteiger partial charge in [0.25, 0.3) is 0 Å². The van der Waals surface area contributed by atoms with Crippen molar-refractivity contribution in [3.8, 4) is 11.4 Å². The van der Waals surface area contributed by atoms with E-state index in [1.54, 1.807) is 18.2 Å². The zero-order valence-electron chi connectivity index (χ0n) is 11.7. The third-order valence-corrected chi connectivity index (χ3v) is 3.57. The molecule has 0 atom stereocenters. The monoisotopic (exact) mass is 324 g/mol. The highest BCUT2D eigenvalue weighted by Crippen LogP contribution is 2.26. The molecule has 0 saturated heterocycles. The molecular formula is C15H14Cl2N2O2. The van der Waals surface area contributed by atoms with Crippen LogP contribution in [0.2, 0.25) is 10.0 Å². The molecular weight excluding hydrogens is 311 g/mol. The van der Waals surface area contributed by atoms with Gasteiger partial charge in [0.2, 0.25) is 0 Å². The van der Waals surface area contributed by atoms with Crippen molar-refractivity contribution in [3.63, 3.8) is 0 Å². The highest BCUT2D eigenvalue weighted by Gasteiger charge is 2.12. The molecule has 0 radical (unpaired) electrons. The van der Waals surface area contributed by atoms with Crippen molar-refractivity contribution in [1.82, 2.24) is 9.97 Å². The molecule has 6 heteroatoms. The maximum atomic E-state index is 10.7. The number of aryl methyl sites for hydroxylation is 2. The number of carboxylic acid groups (broad SMARTS) is 1. The Morgan fingerprint density at radius 3 is 2.10 bits per heavy atom. The fourth-order valence-corrected chi connectivity index (χ4v) is 2.67. The van der Waals surface area contributed by atoms with Gasteiger partial charge < -0.3 is 5.11 Å². The van der Waals surface area contributed by atoms with E-state index in [-0.39, 0.29) is 6.42 Å². The molecule has 0 aliphatic carbocycles. The van der Waals surface area contributed by atoms with Gasteiger partial charge in [0.1, 0.15) is 0 Å². The highest BCUT2D eigenvalue weighted by atomic mass is 35.5. The zero-order valence-corrected chi connectivity index (χ0v) is 13.2. The average molecular weight is 325 g/mol. The summed E-state index contributed by atoms with van der Waals surface area (Å²) in [6, 6.07) is 5.14. The number of carboxylic acids is 1. The molecule has 4 nitrogen and oxygen atoms in total. The number of rotatable bonds is 4. The van der Waals surface area contributed by atoms with E-state index in [0.717, 1.165) is 22.5 Å². The maximum Gasteiger partial charge on any atom is 0.303 e. The molecule has 0 amide bonds. The van der Waals surface area contributed by atoms with Crippen molar-refractivity contribution in [3.05, 3.63) is 45.2 Å². The molecule has 0 bridgehead atoms. The van der Waals surface area contributed by atoms with Crippen LogP contribution in [-0.2, 0) is 11.2 Å². The van der Waals surface area contributed by atoms with Gasteiger partial charge in [0.05, 0.1) is 0 Å². The molecule has 2 aromatic rings. The Morgan fingerprint density at radius 1 is 1.10 bits per heavy atom. The van der Waals surface area contributed by atoms with Crippen molar-refractivity contribution in [2.75, 3.05) is 0 Å². The highest BCUT2D eigenvalue weighted by molar-refractivity contribution is 6.35. The Bertz CT molecular complexity index is 659. The number of hydrogen-bond acceptors (Lipinski definition) is 3. The standard InChI is InChI=1S/C15H14Cl2N2O2/c1-8-13(3-4-14(20)21)9(2)19-15(18-8)10-5-11(16)7-12(17)6-10/h5-7H,3-4H2,1-2H3,(H,20,21). The first kappa shape index (κ1) is 15.7. The van der Waals surface area contributed by atoms with Crippen LogP contribution in [0.4, 0.5) is 0 Å². The van der Waals surface area contributed by atoms with E-state index in [1.807, 2.05) is 13.8 Å². The first-order valence-electron chi connectivity index (χ1n) is 6.39. The predicted molar refractivity (Wildman–Crippen MR) is 82.9 cm³/mol. The number of nitrogens with zero attached hydrogens (tertiary/aromatic N) is 2. The molecule has 0 unspecified atom stereocenters. The molecule has 0 saturated carbocycles. The lowest BCUT2D eigenvalue weighted by atomic mass is 10.1. The third-order valence-electron chi connectivity index (χ3n) is 3.13. The fraction of sp³-hybridized carbons (Fsp3) is 0.267. The van der Waals surface area contributed by atoms with E-state index in [0.29, 0.717) is 22.3 Å². The Balaban J connectivity index is 2.41. The molecule has 1 aromatic heterocycles. The van der Waals surface area contributed by atoms with Crippen LogP contribution in [-0.4, -0.2) is 21.0 Å². The van der Waals surface area contributed by atoms with Gasteiger partial charge in [-0.25, -0.2) is 9.97 Å². The fourth-order valence-electron chi connectivity index (χ4n) is 2.15. The SMILES string of the molecule is Cc1nc(-c2cc(Cl)cc(Cl)c2)nc(C)c1CCC(=O)O. The molecule has 110 valence electrons. The largest absolute Gasteiger partial charge is 0.481 e. The Morgan fingerprint density at radius 2 is 1.62 bits per heavy atom. The van der Waals surface area contributed by atoms with Gasteiger partial charge in [-0.3, -0.25) is 4.79 Å². The number of halogens is 2. The molecule has 0 spiro atoms. The summed E-state index contributed by atoms with van der Waals surface area (Å²) in [4.78, 5) is 19.6. The van der Waals surface area contributed by atoms with Crippen molar-refractivity contribution in [2.45, 2.75) is 26.7 Å². The summed E-state index contributed by atoms with van der Waals surface area (Å²) in [6.07, 6.45) is 0.483. The topological polar surface area (TPSA) is 63.1 Å². The summed E-state index contributed by atoms with van der Waals surface area (Å²) in [5.74, 6) is -0.298. The van der Waals surface area contributed by atoms with E-state index in [2.05, 4.69) is 9.97 Å². The number of hydrogen-bond donors (Lipinski definition) is 1. The Kier molecular flexibility index (Phi) is 4.80. The third kappa shape index (κ3) is 3.93. The predicted octanol–water partition coefficient (Wildman–Crippen LogP) is 4.08. The molecule has 0 aliphatic heterocycles. The van der Waals surface area contributed by atoms with Crippen LogP contribution >= 0.6 is 23.2 Å². The second-order valence-electron chi connectivity index (χ2n) is 4.75. The molecule has 0 aliphatic rings. The van der Waals surface area contributed by atoms with E-state index in [4.69, 9.17) is 28.3 Å². The zero-order chi connectivity index (χ0) is 15.6. The van der Waals surface area contributed by atoms with Crippen LogP contribution in [0.3, 0.4) is 0 Å². The summed E-state index contributed by atoms with van der Waals surface area (Å²) in [5.41, 5.74) is 3.16. The minimum atomic E-state index is -0.834. The van der Waals surface area contributed by atoms with Crippen LogP contribution in [0.15, 0.2) is 18.2 Å². The lowest BCUT2D eigenvalue weighted by molar-refractivity contribution is -0.136. The van der Waals surface area contributed by atoms with Crippen LogP contribution < -0.4 is 0 Å². The summed E-state index contributed by atoms with van der Waals surface area (Å²) < 4.78 is 0. The van der Waals surface area contributed by atoms with Crippen LogP contribution in [0, 0.1) is 13.8 Å². The Hall–Kier alpha value is -1.65. The van der Waals surface area contributed by atoms with Gasteiger partial charge in [-0.05, 0) is 44.0 Å². The molecule has 21 heavy (non-hydrogen) atoms. The summed E-state index contributed by atoms with van der Waals surface area (Å²) in [7, 11) is 0. The van der Waals surface area contributed by atoms with Gasteiger partial charge >= 0.3 is 5.97 Å².